The number of hydrogen-bond donors (Lipinski definition) is 2. The molecule has 1 saturated heterocycles. The maximum atomic E-state index is 12.1. The summed E-state index contributed by atoms with van der Waals surface area (Å²) in [6.07, 6.45) is -5.00. The van der Waals surface area contributed by atoms with Gasteiger partial charge in [0.05, 0.1) is 6.42 Å². The number of aliphatic imine (C=N–C) groups is 1. The molecule has 0 amide bonds. The Labute approximate surface area is 154 Å². The average molecular weight is 451 g/mol. The normalized spacial score (nSPS) is 19.1. The Morgan fingerprint density at radius 3 is 2.26 bits per heavy atom. The monoisotopic (exact) mass is 451 g/mol. The van der Waals surface area contributed by atoms with E-state index < -0.39 is 12.6 Å². The van der Waals surface area contributed by atoms with Gasteiger partial charge in [0.15, 0.2) is 5.96 Å². The Balaban J connectivity index is 0.00000484. The first kappa shape index (κ1) is 22.7. The lowest BCUT2D eigenvalue weighted by molar-refractivity contribution is -0.132. The van der Waals surface area contributed by atoms with Crippen molar-refractivity contribution in [2.75, 3.05) is 52.9 Å². The molecule has 0 bridgehead atoms. The maximum absolute atomic E-state index is 12.1. The lowest BCUT2D eigenvalue weighted by Crippen LogP contribution is -2.53. The van der Waals surface area contributed by atoms with Crippen molar-refractivity contribution >= 4 is 29.9 Å². The summed E-state index contributed by atoms with van der Waals surface area (Å²) in [5, 5.41) is 5.79. The first-order valence-electron chi connectivity index (χ1n) is 7.83. The van der Waals surface area contributed by atoms with Gasteiger partial charge in [0, 0.05) is 52.4 Å². The topological polar surface area (TPSA) is 42.9 Å². The van der Waals surface area contributed by atoms with Crippen LogP contribution in [0.2, 0.25) is 0 Å². The molecule has 138 valence electrons. The number of halogens is 4. The summed E-state index contributed by atoms with van der Waals surface area (Å²) in [6, 6.07) is 0.320. The summed E-state index contributed by atoms with van der Waals surface area (Å²) in [7, 11) is 1.56. The highest BCUT2D eigenvalue weighted by molar-refractivity contribution is 14.0. The number of alkyl halides is 3. The van der Waals surface area contributed by atoms with Crippen LogP contribution < -0.4 is 10.6 Å². The highest BCUT2D eigenvalue weighted by Crippen LogP contribution is 2.18. The van der Waals surface area contributed by atoms with Crippen LogP contribution in [0.15, 0.2) is 4.99 Å². The Morgan fingerprint density at radius 2 is 1.78 bits per heavy atom. The van der Waals surface area contributed by atoms with E-state index in [0.29, 0.717) is 18.5 Å². The fourth-order valence-corrected chi connectivity index (χ4v) is 2.44. The Hall–Kier alpha value is -0.290. The van der Waals surface area contributed by atoms with Gasteiger partial charge in [-0.1, -0.05) is 6.92 Å². The van der Waals surface area contributed by atoms with Crippen molar-refractivity contribution in [2.24, 2.45) is 4.99 Å². The van der Waals surface area contributed by atoms with E-state index in [0.717, 1.165) is 32.7 Å². The summed E-state index contributed by atoms with van der Waals surface area (Å²) in [5.41, 5.74) is 0. The smallest absolute Gasteiger partial charge is 0.356 e. The molecule has 1 aliphatic rings. The predicted molar refractivity (Wildman–Crippen MR) is 98.6 cm³/mol. The van der Waals surface area contributed by atoms with Crippen molar-refractivity contribution in [3.63, 3.8) is 0 Å². The minimum atomic E-state index is -4.14. The van der Waals surface area contributed by atoms with Gasteiger partial charge in [0.1, 0.15) is 0 Å². The average Bonchev–Trinajstić information content (AvgIpc) is 2.49. The van der Waals surface area contributed by atoms with Gasteiger partial charge < -0.3 is 15.5 Å². The van der Waals surface area contributed by atoms with E-state index in [4.69, 9.17) is 0 Å². The van der Waals surface area contributed by atoms with Gasteiger partial charge >= 0.3 is 6.18 Å². The minimum Gasteiger partial charge on any atom is -0.356 e. The minimum absolute atomic E-state index is 0. The van der Waals surface area contributed by atoms with E-state index in [2.05, 4.69) is 39.3 Å². The van der Waals surface area contributed by atoms with E-state index >= 15 is 0 Å². The van der Waals surface area contributed by atoms with Crippen molar-refractivity contribution in [1.82, 2.24) is 20.4 Å². The van der Waals surface area contributed by atoms with Crippen molar-refractivity contribution in [3.8, 4) is 0 Å². The largest absolute Gasteiger partial charge is 0.390 e. The van der Waals surface area contributed by atoms with Crippen LogP contribution in [-0.4, -0.2) is 80.8 Å². The summed E-state index contributed by atoms with van der Waals surface area (Å²) in [6.45, 7) is 10.1. The molecule has 1 atom stereocenters. The second kappa shape index (κ2) is 11.3. The van der Waals surface area contributed by atoms with Gasteiger partial charge in [-0.3, -0.25) is 9.89 Å². The zero-order chi connectivity index (χ0) is 16.6. The molecule has 0 saturated carbocycles. The molecular weight excluding hydrogens is 422 g/mol. The highest BCUT2D eigenvalue weighted by atomic mass is 127. The number of nitrogens with zero attached hydrogens (tertiary/aromatic N) is 3. The highest BCUT2D eigenvalue weighted by Gasteiger charge is 2.26. The van der Waals surface area contributed by atoms with Crippen LogP contribution in [-0.2, 0) is 0 Å². The lowest BCUT2D eigenvalue weighted by Gasteiger charge is -2.37. The summed E-state index contributed by atoms with van der Waals surface area (Å²) in [4.78, 5) is 8.75. The van der Waals surface area contributed by atoms with Crippen molar-refractivity contribution in [2.45, 2.75) is 32.5 Å². The number of likely N-dealkylation sites (N-methyl/N-ethyl adjacent to an activating group) is 1. The summed E-state index contributed by atoms with van der Waals surface area (Å²) < 4.78 is 36.4. The molecule has 23 heavy (non-hydrogen) atoms. The number of piperazine rings is 1. The van der Waals surface area contributed by atoms with Gasteiger partial charge in [-0.05, 0) is 13.5 Å². The molecule has 1 heterocycles. The van der Waals surface area contributed by atoms with E-state index in [1.165, 1.54) is 0 Å². The Kier molecular flexibility index (Phi) is 11.2. The Morgan fingerprint density at radius 1 is 1.17 bits per heavy atom. The van der Waals surface area contributed by atoms with Crippen molar-refractivity contribution in [1.29, 1.82) is 0 Å². The molecule has 1 aliphatic heterocycles. The first-order valence-corrected chi connectivity index (χ1v) is 7.83. The van der Waals surface area contributed by atoms with E-state index in [-0.39, 0.29) is 30.5 Å². The molecule has 0 aliphatic carbocycles. The molecule has 0 radical (unpaired) electrons. The SMILES string of the molecule is CCN1CCN(C(C)CNC(=NC)NCCC(F)(F)F)CC1.I. The third kappa shape index (κ3) is 9.55. The van der Waals surface area contributed by atoms with Gasteiger partial charge in [-0.25, -0.2) is 0 Å². The van der Waals surface area contributed by atoms with Crippen LogP contribution in [0.25, 0.3) is 0 Å². The predicted octanol–water partition coefficient (Wildman–Crippen LogP) is 1.75. The molecule has 2 N–H and O–H groups in total. The number of nitrogens with one attached hydrogen (secondary N) is 2. The van der Waals surface area contributed by atoms with Crippen molar-refractivity contribution < 1.29 is 13.2 Å². The second-order valence-electron chi connectivity index (χ2n) is 5.56. The molecule has 5 nitrogen and oxygen atoms in total. The maximum Gasteiger partial charge on any atom is 0.390 e. The fourth-order valence-electron chi connectivity index (χ4n) is 2.44. The van der Waals surface area contributed by atoms with Gasteiger partial charge in [0.2, 0.25) is 0 Å². The van der Waals surface area contributed by atoms with E-state index in [1.807, 2.05) is 0 Å². The molecule has 0 aromatic rings. The van der Waals surface area contributed by atoms with Crippen LogP contribution in [0.3, 0.4) is 0 Å². The third-order valence-corrected chi connectivity index (χ3v) is 3.97. The molecule has 1 fully saturated rings. The summed E-state index contributed by atoms with van der Waals surface area (Å²) in [5.74, 6) is 0.420. The second-order valence-corrected chi connectivity index (χ2v) is 5.56. The van der Waals surface area contributed by atoms with Crippen LogP contribution in [0, 0.1) is 0 Å². The quantitative estimate of drug-likeness (QED) is 0.367. The van der Waals surface area contributed by atoms with Crippen LogP contribution in [0.5, 0.6) is 0 Å². The number of guanidine groups is 1. The molecule has 1 unspecified atom stereocenters. The lowest BCUT2D eigenvalue weighted by atomic mass is 10.2. The van der Waals surface area contributed by atoms with Crippen LogP contribution in [0.1, 0.15) is 20.3 Å². The van der Waals surface area contributed by atoms with Crippen LogP contribution in [0.4, 0.5) is 13.2 Å². The molecule has 0 spiro atoms. The van der Waals surface area contributed by atoms with E-state index in [9.17, 15) is 13.2 Å². The molecule has 9 heteroatoms. The van der Waals surface area contributed by atoms with Gasteiger partial charge in [0.25, 0.3) is 0 Å². The van der Waals surface area contributed by atoms with E-state index in [1.54, 1.807) is 7.05 Å². The number of rotatable bonds is 6. The molecule has 0 aromatic carbocycles. The first-order chi connectivity index (χ1) is 10.4. The third-order valence-electron chi connectivity index (χ3n) is 3.97. The van der Waals surface area contributed by atoms with Gasteiger partial charge in [-0.2, -0.15) is 13.2 Å². The molecule has 0 aromatic heterocycles. The molecular formula is C14H29F3IN5. The van der Waals surface area contributed by atoms with Crippen LogP contribution >= 0.6 is 24.0 Å². The summed E-state index contributed by atoms with van der Waals surface area (Å²) >= 11 is 0. The van der Waals surface area contributed by atoms with Gasteiger partial charge in [-0.15, -0.1) is 24.0 Å². The Bertz CT molecular complexity index is 344. The van der Waals surface area contributed by atoms with Crippen molar-refractivity contribution in [3.05, 3.63) is 0 Å². The fraction of sp³-hybridized carbons (Fsp3) is 0.929. The molecule has 1 rings (SSSR count). The standard InChI is InChI=1S/C14H28F3N5.HI/c1-4-21-7-9-22(10-8-21)12(2)11-20-13(18-3)19-6-5-14(15,16)17;/h12H,4-11H2,1-3H3,(H2,18,19,20);1H. The zero-order valence-electron chi connectivity index (χ0n) is 14.1. The number of hydrogen-bond acceptors (Lipinski definition) is 3. The zero-order valence-corrected chi connectivity index (χ0v) is 16.4.